The number of aryl methyl sites for hydroxylation is 1. The number of rotatable bonds is 6. The van der Waals surface area contributed by atoms with Crippen molar-refractivity contribution < 1.29 is 0 Å². The fourth-order valence-corrected chi connectivity index (χ4v) is 3.89. The molecule has 0 aliphatic heterocycles. The van der Waals surface area contributed by atoms with E-state index in [1.807, 2.05) is 0 Å². The number of benzene rings is 1. The molecule has 1 aliphatic carbocycles. The van der Waals surface area contributed by atoms with Gasteiger partial charge in [-0.3, -0.25) is 0 Å². The molecule has 1 saturated carbocycles. The lowest BCUT2D eigenvalue weighted by atomic mass is 9.80. The van der Waals surface area contributed by atoms with Gasteiger partial charge in [0.25, 0.3) is 0 Å². The predicted molar refractivity (Wildman–Crippen MR) is 92.6 cm³/mol. The van der Waals surface area contributed by atoms with Crippen LogP contribution < -0.4 is 5.32 Å². The molecule has 3 unspecified atom stereocenters. The zero-order valence-corrected chi connectivity index (χ0v) is 14.4. The summed E-state index contributed by atoms with van der Waals surface area (Å²) in [6, 6.07) is 10.4. The van der Waals surface area contributed by atoms with Crippen molar-refractivity contribution in [2.24, 2.45) is 11.8 Å². The molecule has 0 spiro atoms. The van der Waals surface area contributed by atoms with Crippen LogP contribution in [0.1, 0.15) is 77.0 Å². The number of unbranched alkanes of at least 4 members (excludes halogenated alkanes) is 1. The van der Waals surface area contributed by atoms with Crippen LogP contribution in [-0.4, -0.2) is 6.04 Å². The van der Waals surface area contributed by atoms with E-state index >= 15 is 0 Å². The maximum atomic E-state index is 3.86. The molecule has 1 aliphatic rings. The van der Waals surface area contributed by atoms with Gasteiger partial charge >= 0.3 is 0 Å². The van der Waals surface area contributed by atoms with Crippen LogP contribution in [-0.2, 0) is 6.42 Å². The smallest absolute Gasteiger partial charge is 0.0294 e. The van der Waals surface area contributed by atoms with Crippen molar-refractivity contribution in [1.29, 1.82) is 0 Å². The lowest BCUT2D eigenvalue weighted by molar-refractivity contribution is 0.228. The van der Waals surface area contributed by atoms with E-state index in [1.165, 1.54) is 49.7 Å². The standard InChI is InChI=1S/C20H33N/c1-5-6-7-18-8-10-19(11-9-18)17(4)21-20-13-15(2)12-16(3)14-20/h8-11,15-17,20-21H,5-7,12-14H2,1-4H3. The zero-order valence-electron chi connectivity index (χ0n) is 14.4. The Labute approximate surface area is 131 Å². The van der Waals surface area contributed by atoms with Crippen molar-refractivity contribution in [3.05, 3.63) is 35.4 Å². The van der Waals surface area contributed by atoms with Gasteiger partial charge in [-0.2, -0.15) is 0 Å². The molecular formula is C20H33N. The van der Waals surface area contributed by atoms with Crippen molar-refractivity contribution in [2.75, 3.05) is 0 Å². The van der Waals surface area contributed by atoms with Crippen LogP contribution in [0.2, 0.25) is 0 Å². The second-order valence-corrected chi connectivity index (χ2v) is 7.35. The van der Waals surface area contributed by atoms with Crippen LogP contribution in [0.15, 0.2) is 24.3 Å². The van der Waals surface area contributed by atoms with Crippen LogP contribution >= 0.6 is 0 Å². The molecule has 0 radical (unpaired) electrons. The SMILES string of the molecule is CCCCc1ccc(C(C)NC2CC(C)CC(C)C2)cc1. The first-order chi connectivity index (χ1) is 10.1. The van der Waals surface area contributed by atoms with Gasteiger partial charge in [-0.1, -0.05) is 51.5 Å². The van der Waals surface area contributed by atoms with Gasteiger partial charge in [0, 0.05) is 12.1 Å². The highest BCUT2D eigenvalue weighted by molar-refractivity contribution is 5.25. The Bertz CT molecular complexity index is 398. The van der Waals surface area contributed by atoms with Crippen LogP contribution in [0, 0.1) is 11.8 Å². The number of nitrogens with one attached hydrogen (secondary N) is 1. The highest BCUT2D eigenvalue weighted by Crippen LogP contribution is 2.30. The third-order valence-corrected chi connectivity index (χ3v) is 4.96. The molecule has 118 valence electrons. The minimum atomic E-state index is 0.465. The fraction of sp³-hybridized carbons (Fsp3) is 0.700. The summed E-state index contributed by atoms with van der Waals surface area (Å²) in [6.45, 7) is 9.37. The molecule has 0 saturated heterocycles. The summed E-state index contributed by atoms with van der Waals surface area (Å²) < 4.78 is 0. The molecule has 21 heavy (non-hydrogen) atoms. The minimum Gasteiger partial charge on any atom is -0.307 e. The van der Waals surface area contributed by atoms with Gasteiger partial charge in [0.05, 0.1) is 0 Å². The van der Waals surface area contributed by atoms with Crippen molar-refractivity contribution in [3.63, 3.8) is 0 Å². The Morgan fingerprint density at radius 2 is 1.67 bits per heavy atom. The molecule has 1 N–H and O–H groups in total. The van der Waals surface area contributed by atoms with E-state index in [0.717, 1.165) is 11.8 Å². The Morgan fingerprint density at radius 3 is 2.24 bits per heavy atom. The molecule has 0 bridgehead atoms. The molecule has 1 aromatic carbocycles. The van der Waals surface area contributed by atoms with Gasteiger partial charge in [-0.25, -0.2) is 0 Å². The summed E-state index contributed by atoms with van der Waals surface area (Å²) in [4.78, 5) is 0. The van der Waals surface area contributed by atoms with Crippen LogP contribution in [0.5, 0.6) is 0 Å². The van der Waals surface area contributed by atoms with Gasteiger partial charge in [0.1, 0.15) is 0 Å². The Balaban J connectivity index is 1.89. The van der Waals surface area contributed by atoms with E-state index in [-0.39, 0.29) is 0 Å². The monoisotopic (exact) mass is 287 g/mol. The number of hydrogen-bond donors (Lipinski definition) is 1. The molecule has 3 atom stereocenters. The van der Waals surface area contributed by atoms with E-state index in [4.69, 9.17) is 0 Å². The Morgan fingerprint density at radius 1 is 1.05 bits per heavy atom. The second kappa shape index (κ2) is 7.98. The summed E-state index contributed by atoms with van der Waals surface area (Å²) in [7, 11) is 0. The first-order valence-corrected chi connectivity index (χ1v) is 8.93. The summed E-state index contributed by atoms with van der Waals surface area (Å²) in [5.41, 5.74) is 2.91. The largest absolute Gasteiger partial charge is 0.307 e. The molecule has 0 aromatic heterocycles. The van der Waals surface area contributed by atoms with Gasteiger partial charge in [0.2, 0.25) is 0 Å². The van der Waals surface area contributed by atoms with E-state index in [1.54, 1.807) is 0 Å². The predicted octanol–water partition coefficient (Wildman–Crippen LogP) is 5.50. The summed E-state index contributed by atoms with van der Waals surface area (Å²) in [5.74, 6) is 1.74. The van der Waals surface area contributed by atoms with E-state index in [2.05, 4.69) is 57.3 Å². The molecular weight excluding hydrogens is 254 g/mol. The molecule has 2 rings (SSSR count). The first kappa shape index (κ1) is 16.5. The number of hydrogen-bond acceptors (Lipinski definition) is 1. The van der Waals surface area contributed by atoms with E-state index in [9.17, 15) is 0 Å². The molecule has 0 heterocycles. The summed E-state index contributed by atoms with van der Waals surface area (Å²) in [5, 5.41) is 3.86. The Kier molecular flexibility index (Phi) is 6.29. The molecule has 1 nitrogen and oxygen atoms in total. The van der Waals surface area contributed by atoms with Crippen LogP contribution in [0.25, 0.3) is 0 Å². The van der Waals surface area contributed by atoms with Crippen LogP contribution in [0.4, 0.5) is 0 Å². The Hall–Kier alpha value is -0.820. The normalized spacial score (nSPS) is 27.5. The van der Waals surface area contributed by atoms with Crippen molar-refractivity contribution in [3.8, 4) is 0 Å². The maximum absolute atomic E-state index is 3.86. The average molecular weight is 287 g/mol. The quantitative estimate of drug-likeness (QED) is 0.728. The van der Waals surface area contributed by atoms with Crippen molar-refractivity contribution in [2.45, 2.75) is 78.3 Å². The highest BCUT2D eigenvalue weighted by atomic mass is 14.9. The lowest BCUT2D eigenvalue weighted by Gasteiger charge is -2.34. The van der Waals surface area contributed by atoms with Crippen LogP contribution in [0.3, 0.4) is 0 Å². The second-order valence-electron chi connectivity index (χ2n) is 7.35. The zero-order chi connectivity index (χ0) is 15.2. The highest BCUT2D eigenvalue weighted by Gasteiger charge is 2.24. The lowest BCUT2D eigenvalue weighted by Crippen LogP contribution is -2.37. The minimum absolute atomic E-state index is 0.465. The van der Waals surface area contributed by atoms with E-state index < -0.39 is 0 Å². The van der Waals surface area contributed by atoms with Crippen molar-refractivity contribution >= 4 is 0 Å². The van der Waals surface area contributed by atoms with Crippen molar-refractivity contribution in [1.82, 2.24) is 5.32 Å². The topological polar surface area (TPSA) is 12.0 Å². The average Bonchev–Trinajstić information content (AvgIpc) is 2.44. The molecule has 1 fully saturated rings. The van der Waals surface area contributed by atoms with Gasteiger partial charge < -0.3 is 5.32 Å². The van der Waals surface area contributed by atoms with Gasteiger partial charge in [-0.05, 0) is 62.0 Å². The summed E-state index contributed by atoms with van der Waals surface area (Å²) in [6.07, 6.45) is 7.87. The molecule has 0 amide bonds. The van der Waals surface area contributed by atoms with Gasteiger partial charge in [-0.15, -0.1) is 0 Å². The molecule has 1 aromatic rings. The fourth-order valence-electron chi connectivity index (χ4n) is 3.89. The first-order valence-electron chi connectivity index (χ1n) is 8.93. The van der Waals surface area contributed by atoms with Gasteiger partial charge in [0.15, 0.2) is 0 Å². The maximum Gasteiger partial charge on any atom is 0.0294 e. The molecule has 1 heteroatoms. The van der Waals surface area contributed by atoms with E-state index in [0.29, 0.717) is 12.1 Å². The third-order valence-electron chi connectivity index (χ3n) is 4.96. The third kappa shape index (κ3) is 5.14. The summed E-state index contributed by atoms with van der Waals surface area (Å²) >= 11 is 0.